The van der Waals surface area contributed by atoms with Gasteiger partial charge in [0.2, 0.25) is 0 Å². The summed E-state index contributed by atoms with van der Waals surface area (Å²) >= 11 is 0. The zero-order chi connectivity index (χ0) is 11.8. The summed E-state index contributed by atoms with van der Waals surface area (Å²) in [6.45, 7) is 7.80. The van der Waals surface area contributed by atoms with Gasteiger partial charge in [0.25, 0.3) is 0 Å². The number of aromatic nitrogens is 2. The molecule has 1 heterocycles. The normalized spacial score (nSPS) is 12.6. The van der Waals surface area contributed by atoms with E-state index in [1.165, 1.54) is 0 Å². The molecule has 1 atom stereocenters. The maximum atomic E-state index is 8.86. The maximum absolute atomic E-state index is 8.86. The Morgan fingerprint density at radius 1 is 1.69 bits per heavy atom. The molecule has 0 aliphatic heterocycles. The maximum Gasteiger partial charge on any atom is 0.0538 e. The van der Waals surface area contributed by atoms with Crippen LogP contribution in [0.5, 0.6) is 0 Å². The molecule has 16 heavy (non-hydrogen) atoms. The fourth-order valence-electron chi connectivity index (χ4n) is 1.47. The Kier molecular flexibility index (Phi) is 5.82. The first-order chi connectivity index (χ1) is 7.76. The van der Waals surface area contributed by atoms with Crippen LogP contribution in [0.1, 0.15) is 25.3 Å². The van der Waals surface area contributed by atoms with Gasteiger partial charge in [0.05, 0.1) is 6.20 Å². The summed E-state index contributed by atoms with van der Waals surface area (Å²) in [5.74, 6) is 0.408. The molecule has 0 amide bonds. The summed E-state index contributed by atoms with van der Waals surface area (Å²) in [4.78, 5) is 0. The second-order valence-corrected chi connectivity index (χ2v) is 4.12. The van der Waals surface area contributed by atoms with Crippen LogP contribution in [0, 0.1) is 5.92 Å². The Labute approximate surface area is 97.0 Å². The first-order valence-electron chi connectivity index (χ1n) is 5.73. The van der Waals surface area contributed by atoms with Crippen molar-refractivity contribution in [2.75, 3.05) is 13.2 Å². The second-order valence-electron chi connectivity index (χ2n) is 4.12. The molecule has 0 fully saturated rings. The first-order valence-corrected chi connectivity index (χ1v) is 5.73. The van der Waals surface area contributed by atoms with E-state index in [4.69, 9.17) is 5.11 Å². The molecule has 4 nitrogen and oxygen atoms in total. The molecule has 2 N–H and O–H groups in total. The predicted octanol–water partition coefficient (Wildman–Crippen LogP) is 1.48. The zero-order valence-corrected chi connectivity index (χ0v) is 9.89. The zero-order valence-electron chi connectivity index (χ0n) is 9.89. The Morgan fingerprint density at radius 3 is 3.12 bits per heavy atom. The van der Waals surface area contributed by atoms with Crippen molar-refractivity contribution in [1.82, 2.24) is 15.1 Å². The third-order valence-corrected chi connectivity index (χ3v) is 2.53. The lowest BCUT2D eigenvalue weighted by atomic mass is 10.1. The molecule has 0 radical (unpaired) electrons. The molecule has 0 saturated carbocycles. The van der Waals surface area contributed by atoms with Gasteiger partial charge in [-0.15, -0.1) is 0 Å². The Hall–Kier alpha value is -1.13. The summed E-state index contributed by atoms with van der Waals surface area (Å²) in [6.07, 6.45) is 7.63. The molecule has 1 unspecified atom stereocenters. The molecule has 0 spiro atoms. The van der Waals surface area contributed by atoms with Crippen LogP contribution in [0.3, 0.4) is 0 Å². The number of nitrogens with zero attached hydrogens (tertiary/aromatic N) is 2. The lowest BCUT2D eigenvalue weighted by Crippen LogP contribution is -2.15. The number of aliphatic hydroxyl groups excluding tert-OH is 1. The predicted molar refractivity (Wildman–Crippen MR) is 65.8 cm³/mol. The van der Waals surface area contributed by atoms with Gasteiger partial charge in [-0.2, -0.15) is 5.10 Å². The summed E-state index contributed by atoms with van der Waals surface area (Å²) in [7, 11) is 0. The highest BCUT2D eigenvalue weighted by atomic mass is 16.3. The molecule has 0 aromatic carbocycles. The largest absolute Gasteiger partial charge is 0.396 e. The molecule has 1 aromatic heterocycles. The number of rotatable bonds is 8. The van der Waals surface area contributed by atoms with Gasteiger partial charge in [0.15, 0.2) is 0 Å². The van der Waals surface area contributed by atoms with Crippen LogP contribution < -0.4 is 5.32 Å². The smallest absolute Gasteiger partial charge is 0.0538 e. The molecule has 1 rings (SSSR count). The molecule has 0 bridgehead atoms. The molecule has 1 aromatic rings. The third kappa shape index (κ3) is 4.59. The number of hydrogen-bond donors (Lipinski definition) is 2. The minimum absolute atomic E-state index is 0.284. The van der Waals surface area contributed by atoms with Gasteiger partial charge >= 0.3 is 0 Å². The Bertz CT molecular complexity index is 309. The molecular weight excluding hydrogens is 202 g/mol. The van der Waals surface area contributed by atoms with Crippen molar-refractivity contribution >= 4 is 6.20 Å². The van der Waals surface area contributed by atoms with E-state index in [0.29, 0.717) is 5.92 Å². The molecular formula is C12H21N3O. The fraction of sp³-hybridized carbons (Fsp3) is 0.583. The van der Waals surface area contributed by atoms with Gasteiger partial charge in [-0.05, 0) is 25.3 Å². The van der Waals surface area contributed by atoms with Gasteiger partial charge in [0, 0.05) is 31.1 Å². The Morgan fingerprint density at radius 2 is 2.50 bits per heavy atom. The van der Waals surface area contributed by atoms with Crippen LogP contribution >= 0.6 is 0 Å². The van der Waals surface area contributed by atoms with Crippen molar-refractivity contribution in [3.63, 3.8) is 0 Å². The number of aliphatic hydroxyl groups is 1. The van der Waals surface area contributed by atoms with E-state index in [9.17, 15) is 0 Å². The van der Waals surface area contributed by atoms with Gasteiger partial charge in [-0.3, -0.25) is 0 Å². The highest BCUT2D eigenvalue weighted by Crippen LogP contribution is 2.03. The van der Waals surface area contributed by atoms with Crippen LogP contribution in [0.4, 0.5) is 0 Å². The highest BCUT2D eigenvalue weighted by molar-refractivity contribution is 5.17. The lowest BCUT2D eigenvalue weighted by molar-refractivity contribution is 0.228. The number of nitrogens with one attached hydrogen (secondary N) is 1. The van der Waals surface area contributed by atoms with E-state index in [1.807, 2.05) is 12.4 Å². The average Bonchev–Trinajstić information content (AvgIpc) is 2.76. The third-order valence-electron chi connectivity index (χ3n) is 2.53. The topological polar surface area (TPSA) is 50.1 Å². The molecule has 4 heteroatoms. The van der Waals surface area contributed by atoms with Crippen molar-refractivity contribution in [1.29, 1.82) is 0 Å². The van der Waals surface area contributed by atoms with Crippen molar-refractivity contribution < 1.29 is 5.11 Å². The summed E-state index contributed by atoms with van der Waals surface area (Å²) in [5, 5.41) is 16.3. The SMILES string of the molecule is C=Cn1cc(CNCCCC(C)CO)cn1. The van der Waals surface area contributed by atoms with Gasteiger partial charge in [-0.1, -0.05) is 13.5 Å². The lowest BCUT2D eigenvalue weighted by Gasteiger charge is -2.07. The summed E-state index contributed by atoms with van der Waals surface area (Å²) in [6, 6.07) is 0. The van der Waals surface area contributed by atoms with E-state index < -0.39 is 0 Å². The molecule has 90 valence electrons. The summed E-state index contributed by atoms with van der Waals surface area (Å²) < 4.78 is 1.70. The number of hydrogen-bond acceptors (Lipinski definition) is 3. The standard InChI is InChI=1S/C12H21N3O/c1-3-15-9-12(8-14-15)7-13-6-4-5-11(2)10-16/h3,8-9,11,13,16H,1,4-7,10H2,2H3. The second kappa shape index (κ2) is 7.19. The van der Waals surface area contributed by atoms with Gasteiger partial charge < -0.3 is 10.4 Å². The Balaban J connectivity index is 2.09. The minimum atomic E-state index is 0.284. The van der Waals surface area contributed by atoms with Gasteiger partial charge in [-0.25, -0.2) is 4.68 Å². The quantitative estimate of drug-likeness (QED) is 0.656. The van der Waals surface area contributed by atoms with E-state index in [2.05, 4.69) is 23.9 Å². The average molecular weight is 223 g/mol. The van der Waals surface area contributed by atoms with Crippen LogP contribution in [0.2, 0.25) is 0 Å². The van der Waals surface area contributed by atoms with Gasteiger partial charge in [0.1, 0.15) is 0 Å². The van der Waals surface area contributed by atoms with Crippen LogP contribution in [0.25, 0.3) is 6.20 Å². The first kappa shape index (κ1) is 12.9. The van der Waals surface area contributed by atoms with E-state index in [-0.39, 0.29) is 6.61 Å². The van der Waals surface area contributed by atoms with Crippen LogP contribution in [-0.2, 0) is 6.54 Å². The van der Waals surface area contributed by atoms with Crippen LogP contribution in [-0.4, -0.2) is 28.0 Å². The van der Waals surface area contributed by atoms with Crippen molar-refractivity contribution in [2.45, 2.75) is 26.3 Å². The molecule has 0 aliphatic carbocycles. The van der Waals surface area contributed by atoms with Crippen LogP contribution in [0.15, 0.2) is 19.0 Å². The van der Waals surface area contributed by atoms with E-state index >= 15 is 0 Å². The highest BCUT2D eigenvalue weighted by Gasteiger charge is 1.99. The van der Waals surface area contributed by atoms with Crippen molar-refractivity contribution in [3.05, 3.63) is 24.5 Å². The summed E-state index contributed by atoms with van der Waals surface area (Å²) in [5.41, 5.74) is 1.16. The van der Waals surface area contributed by atoms with Crippen molar-refractivity contribution in [2.24, 2.45) is 5.92 Å². The monoisotopic (exact) mass is 223 g/mol. The molecule has 0 aliphatic rings. The molecule has 0 saturated heterocycles. The van der Waals surface area contributed by atoms with E-state index in [0.717, 1.165) is 31.5 Å². The fourth-order valence-corrected chi connectivity index (χ4v) is 1.47. The van der Waals surface area contributed by atoms with Crippen molar-refractivity contribution in [3.8, 4) is 0 Å². The minimum Gasteiger partial charge on any atom is -0.396 e. The van der Waals surface area contributed by atoms with E-state index in [1.54, 1.807) is 10.9 Å².